The third-order valence-corrected chi connectivity index (χ3v) is 6.38. The molecule has 0 aliphatic rings. The highest BCUT2D eigenvalue weighted by Crippen LogP contribution is 2.44. The first-order valence-corrected chi connectivity index (χ1v) is 12.2. The van der Waals surface area contributed by atoms with Gasteiger partial charge < -0.3 is 0 Å². The molecule has 4 aromatic carbocycles. The minimum atomic E-state index is -0.439. The van der Waals surface area contributed by atoms with Crippen LogP contribution in [0.3, 0.4) is 0 Å². The van der Waals surface area contributed by atoms with Gasteiger partial charge in [0.2, 0.25) is 0 Å². The fraction of sp³-hybridized carbons (Fsp3) is 0.0323. The number of aliphatic imine (C=N–C) groups is 1. The first-order chi connectivity index (χ1) is 18.5. The summed E-state index contributed by atoms with van der Waals surface area (Å²) in [6.45, 7) is 2.01. The molecule has 38 heavy (non-hydrogen) atoms. The molecule has 0 aliphatic heterocycles. The largest absolute Gasteiger partial charge is 0.293 e. The van der Waals surface area contributed by atoms with Gasteiger partial charge in [-0.3, -0.25) is 14.7 Å². The number of rotatable bonds is 6. The van der Waals surface area contributed by atoms with Gasteiger partial charge in [0.1, 0.15) is 11.6 Å². The maximum atomic E-state index is 11.3. The van der Waals surface area contributed by atoms with E-state index in [-0.39, 0.29) is 5.69 Å². The van der Waals surface area contributed by atoms with Gasteiger partial charge in [0, 0.05) is 34.6 Å². The van der Waals surface area contributed by atoms with Crippen LogP contribution in [0.15, 0.2) is 108 Å². The molecule has 0 saturated heterocycles. The Balaban J connectivity index is 1.86. The Kier molecular flexibility index (Phi) is 6.86. The highest BCUT2D eigenvalue weighted by Gasteiger charge is 2.26. The summed E-state index contributed by atoms with van der Waals surface area (Å²) in [5.41, 5.74) is 6.02. The molecule has 0 fully saturated rings. The van der Waals surface area contributed by atoms with Crippen LogP contribution in [0.5, 0.6) is 0 Å². The minimum Gasteiger partial charge on any atom is -0.293 e. The minimum absolute atomic E-state index is 0.0225. The van der Waals surface area contributed by atoms with Crippen molar-refractivity contribution >= 4 is 29.3 Å². The summed E-state index contributed by atoms with van der Waals surface area (Å²) in [5.74, 6) is 0.448. The van der Waals surface area contributed by atoms with Crippen LogP contribution in [0.1, 0.15) is 16.7 Å². The fourth-order valence-corrected chi connectivity index (χ4v) is 4.55. The molecule has 0 amide bonds. The molecule has 5 aromatic rings. The van der Waals surface area contributed by atoms with E-state index in [1.807, 2.05) is 78.2 Å². The first-order valence-electron chi connectivity index (χ1n) is 11.8. The quantitative estimate of drug-likeness (QED) is 0.129. The lowest BCUT2D eigenvalue weighted by molar-refractivity contribution is -0.384. The molecular formula is C31H21ClN4O2. The Labute approximate surface area is 224 Å². The summed E-state index contributed by atoms with van der Waals surface area (Å²) < 4.78 is 1.96. The van der Waals surface area contributed by atoms with E-state index in [1.165, 1.54) is 12.1 Å². The van der Waals surface area contributed by atoms with E-state index < -0.39 is 4.92 Å². The molecule has 0 unspecified atom stereocenters. The lowest BCUT2D eigenvalue weighted by Gasteiger charge is -2.14. The molecule has 0 saturated carbocycles. The second-order valence-electron chi connectivity index (χ2n) is 8.69. The van der Waals surface area contributed by atoms with Crippen molar-refractivity contribution < 1.29 is 4.92 Å². The molecular weight excluding hydrogens is 496 g/mol. The van der Waals surface area contributed by atoms with E-state index in [1.54, 1.807) is 30.5 Å². The summed E-state index contributed by atoms with van der Waals surface area (Å²) in [4.78, 5) is 15.7. The zero-order chi connectivity index (χ0) is 26.6. The zero-order valence-electron chi connectivity index (χ0n) is 20.4. The highest BCUT2D eigenvalue weighted by atomic mass is 35.5. The molecule has 0 aliphatic carbocycles. The van der Waals surface area contributed by atoms with Gasteiger partial charge in [-0.05, 0) is 60.0 Å². The Morgan fingerprint density at radius 1 is 0.921 bits per heavy atom. The van der Waals surface area contributed by atoms with Gasteiger partial charge in [0.25, 0.3) is 5.69 Å². The molecule has 0 bridgehead atoms. The van der Waals surface area contributed by atoms with Gasteiger partial charge >= 0.3 is 0 Å². The molecule has 5 rings (SSSR count). The second-order valence-corrected chi connectivity index (χ2v) is 9.12. The Morgan fingerprint density at radius 2 is 1.63 bits per heavy atom. The third kappa shape index (κ3) is 4.83. The number of benzene rings is 4. The van der Waals surface area contributed by atoms with Crippen molar-refractivity contribution in [1.29, 1.82) is 5.26 Å². The third-order valence-electron chi connectivity index (χ3n) is 6.15. The number of hydrogen-bond acceptors (Lipinski definition) is 4. The normalized spacial score (nSPS) is 11.0. The van der Waals surface area contributed by atoms with Crippen LogP contribution >= 0.6 is 11.6 Å². The number of nitro benzene ring substituents is 1. The lowest BCUT2D eigenvalue weighted by atomic mass is 9.97. The van der Waals surface area contributed by atoms with E-state index in [4.69, 9.17) is 16.6 Å². The van der Waals surface area contributed by atoms with Crippen molar-refractivity contribution in [3.8, 4) is 34.1 Å². The van der Waals surface area contributed by atoms with E-state index >= 15 is 0 Å². The summed E-state index contributed by atoms with van der Waals surface area (Å²) in [6, 6.07) is 33.6. The smallest absolute Gasteiger partial charge is 0.269 e. The number of non-ortho nitro benzene ring substituents is 1. The van der Waals surface area contributed by atoms with Crippen LogP contribution < -0.4 is 0 Å². The zero-order valence-corrected chi connectivity index (χ0v) is 21.1. The monoisotopic (exact) mass is 516 g/mol. The molecule has 6 nitrogen and oxygen atoms in total. The predicted octanol–water partition coefficient (Wildman–Crippen LogP) is 8.30. The van der Waals surface area contributed by atoms with Crippen LogP contribution in [-0.4, -0.2) is 15.7 Å². The van der Waals surface area contributed by atoms with Crippen LogP contribution in [0.2, 0.25) is 5.02 Å². The van der Waals surface area contributed by atoms with E-state index in [9.17, 15) is 15.4 Å². The number of nitriles is 1. The molecule has 1 heterocycles. The van der Waals surface area contributed by atoms with Crippen LogP contribution in [-0.2, 0) is 0 Å². The number of nitrogens with zero attached hydrogens (tertiary/aromatic N) is 4. The van der Waals surface area contributed by atoms with Crippen LogP contribution in [0, 0.1) is 28.4 Å². The number of aromatic nitrogens is 1. The van der Waals surface area contributed by atoms with Crippen LogP contribution in [0.25, 0.3) is 28.1 Å². The van der Waals surface area contributed by atoms with E-state index in [0.717, 1.165) is 28.1 Å². The number of nitro groups is 1. The molecule has 184 valence electrons. The van der Waals surface area contributed by atoms with Gasteiger partial charge in [0.15, 0.2) is 5.82 Å². The maximum absolute atomic E-state index is 11.3. The predicted molar refractivity (Wildman–Crippen MR) is 151 cm³/mol. The SMILES string of the molecule is Cc1ccc(-n2c(/N=C/c3cccc(Cl)c3)c(C#N)c(-c3ccc([N+](=O)[O-])cc3)c2-c2ccccc2)cc1. The topological polar surface area (TPSA) is 84.2 Å². The summed E-state index contributed by atoms with van der Waals surface area (Å²) in [6.07, 6.45) is 1.68. The van der Waals surface area contributed by atoms with Crippen LogP contribution in [0.4, 0.5) is 11.5 Å². The summed E-state index contributed by atoms with van der Waals surface area (Å²) >= 11 is 6.18. The average Bonchev–Trinajstić information content (AvgIpc) is 3.27. The number of aryl methyl sites for hydroxylation is 1. The van der Waals surface area contributed by atoms with Crippen molar-refractivity contribution in [1.82, 2.24) is 4.57 Å². The summed E-state index contributed by atoms with van der Waals surface area (Å²) in [7, 11) is 0. The molecule has 1 aromatic heterocycles. The van der Waals surface area contributed by atoms with Crippen molar-refractivity contribution in [2.24, 2.45) is 4.99 Å². The summed E-state index contributed by atoms with van der Waals surface area (Å²) in [5, 5.41) is 22.3. The van der Waals surface area contributed by atoms with Gasteiger partial charge in [-0.1, -0.05) is 71.8 Å². The molecule has 0 spiro atoms. The fourth-order valence-electron chi connectivity index (χ4n) is 4.36. The number of hydrogen-bond donors (Lipinski definition) is 0. The van der Waals surface area contributed by atoms with E-state index in [2.05, 4.69) is 6.07 Å². The van der Waals surface area contributed by atoms with Crippen molar-refractivity contribution in [2.45, 2.75) is 6.92 Å². The Hall–Kier alpha value is -4.99. The van der Waals surface area contributed by atoms with Gasteiger partial charge in [-0.25, -0.2) is 4.99 Å². The molecule has 0 radical (unpaired) electrons. The van der Waals surface area contributed by atoms with E-state index in [0.29, 0.717) is 27.5 Å². The highest BCUT2D eigenvalue weighted by molar-refractivity contribution is 6.30. The molecule has 0 atom stereocenters. The average molecular weight is 517 g/mol. The van der Waals surface area contributed by atoms with Crippen molar-refractivity contribution in [3.05, 3.63) is 135 Å². The first kappa shape index (κ1) is 24.7. The second kappa shape index (κ2) is 10.6. The number of halogens is 1. The standard InChI is InChI=1S/C31H21ClN4O2/c1-21-10-14-26(15-11-21)35-30(24-7-3-2-4-8-24)29(23-12-16-27(17-13-23)36(37)38)28(19-33)31(35)34-20-22-6-5-9-25(32)18-22/h2-18,20H,1H3/b34-20+. The lowest BCUT2D eigenvalue weighted by Crippen LogP contribution is -1.98. The molecule has 0 N–H and O–H groups in total. The maximum Gasteiger partial charge on any atom is 0.269 e. The Bertz CT molecular complexity index is 1700. The Morgan fingerprint density at radius 3 is 2.26 bits per heavy atom. The van der Waals surface area contributed by atoms with Gasteiger partial charge in [0.05, 0.1) is 10.6 Å². The van der Waals surface area contributed by atoms with Gasteiger partial charge in [-0.2, -0.15) is 5.26 Å². The van der Waals surface area contributed by atoms with Crippen molar-refractivity contribution in [2.75, 3.05) is 0 Å². The molecule has 7 heteroatoms. The van der Waals surface area contributed by atoms with Crippen molar-refractivity contribution in [3.63, 3.8) is 0 Å². The van der Waals surface area contributed by atoms with Gasteiger partial charge in [-0.15, -0.1) is 0 Å².